The quantitative estimate of drug-likeness (QED) is 0.568. The van der Waals surface area contributed by atoms with Gasteiger partial charge in [-0.05, 0) is 25.5 Å². The highest BCUT2D eigenvalue weighted by Gasteiger charge is 2.40. The number of carbonyl (C=O) groups is 4. The molecule has 0 bridgehead atoms. The Bertz CT molecular complexity index is 637. The third-order valence-electron chi connectivity index (χ3n) is 3.82. The minimum Gasteiger partial charge on any atom is -0.354 e. The van der Waals surface area contributed by atoms with Gasteiger partial charge in [-0.2, -0.15) is 0 Å². The first-order valence-corrected chi connectivity index (χ1v) is 7.98. The monoisotopic (exact) mass is 331 g/mol. The second kappa shape index (κ2) is 7.72. The molecule has 0 spiro atoms. The zero-order chi connectivity index (χ0) is 17.7. The Morgan fingerprint density at radius 2 is 1.58 bits per heavy atom. The molecular formula is C17H21N3O4. The molecule has 0 aromatic heterocycles. The lowest BCUT2D eigenvalue weighted by Crippen LogP contribution is -2.49. The highest BCUT2D eigenvalue weighted by atomic mass is 16.2. The summed E-state index contributed by atoms with van der Waals surface area (Å²) in [4.78, 5) is 49.1. The second-order valence-electron chi connectivity index (χ2n) is 5.59. The number of amides is 4. The summed E-state index contributed by atoms with van der Waals surface area (Å²) >= 11 is 0. The van der Waals surface area contributed by atoms with Gasteiger partial charge in [0, 0.05) is 19.5 Å². The molecule has 1 unspecified atom stereocenters. The van der Waals surface area contributed by atoms with Crippen LogP contribution in [0.4, 0.5) is 0 Å². The van der Waals surface area contributed by atoms with Gasteiger partial charge in [0.25, 0.3) is 11.8 Å². The summed E-state index contributed by atoms with van der Waals surface area (Å²) in [5.41, 5.74) is 0.628. The lowest BCUT2D eigenvalue weighted by molar-refractivity contribution is -0.125. The van der Waals surface area contributed by atoms with Gasteiger partial charge in [0.2, 0.25) is 11.8 Å². The van der Waals surface area contributed by atoms with Crippen LogP contribution in [0, 0.1) is 0 Å². The topological polar surface area (TPSA) is 95.6 Å². The van der Waals surface area contributed by atoms with E-state index in [1.165, 1.54) is 6.92 Å². The maximum Gasteiger partial charge on any atom is 0.262 e. The van der Waals surface area contributed by atoms with E-state index in [1.54, 1.807) is 24.3 Å². The van der Waals surface area contributed by atoms with Crippen molar-refractivity contribution in [3.63, 3.8) is 0 Å². The molecule has 0 aliphatic carbocycles. The molecule has 7 nitrogen and oxygen atoms in total. The largest absolute Gasteiger partial charge is 0.354 e. The fourth-order valence-corrected chi connectivity index (χ4v) is 2.53. The van der Waals surface area contributed by atoms with E-state index in [0.29, 0.717) is 24.1 Å². The van der Waals surface area contributed by atoms with Crippen molar-refractivity contribution in [2.75, 3.05) is 13.1 Å². The fourth-order valence-electron chi connectivity index (χ4n) is 2.53. The Morgan fingerprint density at radius 3 is 2.12 bits per heavy atom. The normalized spacial score (nSPS) is 14.3. The molecule has 7 heteroatoms. The molecule has 2 N–H and O–H groups in total. The van der Waals surface area contributed by atoms with Crippen molar-refractivity contribution in [3.05, 3.63) is 35.4 Å². The van der Waals surface area contributed by atoms with Crippen LogP contribution in [0.1, 0.15) is 47.4 Å². The molecule has 0 fully saturated rings. The summed E-state index contributed by atoms with van der Waals surface area (Å²) in [6.45, 7) is 3.96. The molecule has 24 heavy (non-hydrogen) atoms. The number of benzene rings is 1. The van der Waals surface area contributed by atoms with Crippen LogP contribution in [-0.2, 0) is 9.59 Å². The summed E-state index contributed by atoms with van der Waals surface area (Å²) in [7, 11) is 0. The fraction of sp³-hybridized carbons (Fsp3) is 0.412. The van der Waals surface area contributed by atoms with Crippen LogP contribution in [-0.4, -0.2) is 47.7 Å². The molecular weight excluding hydrogens is 310 g/mol. The van der Waals surface area contributed by atoms with Crippen molar-refractivity contribution < 1.29 is 19.2 Å². The highest BCUT2D eigenvalue weighted by molar-refractivity contribution is 6.22. The van der Waals surface area contributed by atoms with Gasteiger partial charge >= 0.3 is 0 Å². The minimum absolute atomic E-state index is 0.0693. The van der Waals surface area contributed by atoms with Gasteiger partial charge in [-0.1, -0.05) is 19.1 Å². The molecule has 0 saturated carbocycles. The molecule has 1 aromatic carbocycles. The predicted molar refractivity (Wildman–Crippen MR) is 87.3 cm³/mol. The van der Waals surface area contributed by atoms with Crippen LogP contribution < -0.4 is 10.6 Å². The van der Waals surface area contributed by atoms with Crippen molar-refractivity contribution in [1.29, 1.82) is 0 Å². The lowest BCUT2D eigenvalue weighted by Gasteiger charge is -2.21. The number of hydrogen-bond donors (Lipinski definition) is 2. The summed E-state index contributed by atoms with van der Waals surface area (Å²) in [5, 5.41) is 5.30. The number of rotatable bonds is 7. The van der Waals surface area contributed by atoms with Crippen LogP contribution >= 0.6 is 0 Å². The molecule has 128 valence electrons. The number of fused-ring (bicyclic) bond motifs is 1. The average molecular weight is 331 g/mol. The van der Waals surface area contributed by atoms with E-state index in [4.69, 9.17) is 0 Å². The Labute approximate surface area is 140 Å². The van der Waals surface area contributed by atoms with Gasteiger partial charge in [0.15, 0.2) is 0 Å². The van der Waals surface area contributed by atoms with Gasteiger partial charge in [-0.25, -0.2) is 0 Å². The number of imide groups is 1. The zero-order valence-electron chi connectivity index (χ0n) is 13.8. The van der Waals surface area contributed by atoms with Crippen molar-refractivity contribution in [1.82, 2.24) is 15.5 Å². The van der Waals surface area contributed by atoms with E-state index in [-0.39, 0.29) is 12.5 Å². The van der Waals surface area contributed by atoms with Crippen LogP contribution in [0.15, 0.2) is 24.3 Å². The Hall–Kier alpha value is -2.70. The van der Waals surface area contributed by atoms with E-state index < -0.39 is 23.8 Å². The average Bonchev–Trinajstić information content (AvgIpc) is 2.83. The predicted octanol–water partition coefficient (Wildman–Crippen LogP) is 0.704. The number of hydrogen-bond acceptors (Lipinski definition) is 4. The molecule has 2 rings (SSSR count). The second-order valence-corrected chi connectivity index (χ2v) is 5.59. The Morgan fingerprint density at radius 1 is 1.04 bits per heavy atom. The SMILES string of the molecule is CCCC(=O)NCCNC(=O)C(C)N1C(=O)c2ccccc2C1=O. The molecule has 1 aliphatic heterocycles. The van der Waals surface area contributed by atoms with Gasteiger partial charge in [0.05, 0.1) is 11.1 Å². The van der Waals surface area contributed by atoms with Gasteiger partial charge < -0.3 is 10.6 Å². The zero-order valence-corrected chi connectivity index (χ0v) is 13.8. The maximum atomic E-state index is 12.3. The summed E-state index contributed by atoms with van der Waals surface area (Å²) < 4.78 is 0. The summed E-state index contributed by atoms with van der Waals surface area (Å²) in [6, 6.07) is 5.59. The van der Waals surface area contributed by atoms with Gasteiger partial charge in [0.1, 0.15) is 6.04 Å². The lowest BCUT2D eigenvalue weighted by atomic mass is 10.1. The summed E-state index contributed by atoms with van der Waals surface area (Å²) in [5.74, 6) is -1.43. The maximum absolute atomic E-state index is 12.3. The first-order valence-electron chi connectivity index (χ1n) is 7.98. The highest BCUT2D eigenvalue weighted by Crippen LogP contribution is 2.24. The Balaban J connectivity index is 1.89. The number of nitrogens with zero attached hydrogens (tertiary/aromatic N) is 1. The van der Waals surface area contributed by atoms with Crippen molar-refractivity contribution in [3.8, 4) is 0 Å². The third kappa shape index (κ3) is 3.61. The van der Waals surface area contributed by atoms with Crippen LogP contribution in [0.25, 0.3) is 0 Å². The number of nitrogens with one attached hydrogen (secondary N) is 2. The molecule has 1 atom stereocenters. The van der Waals surface area contributed by atoms with Crippen molar-refractivity contribution in [2.45, 2.75) is 32.7 Å². The third-order valence-corrected chi connectivity index (χ3v) is 3.82. The standard InChI is InChI=1S/C17H21N3O4/c1-3-6-14(21)18-9-10-19-15(22)11(2)20-16(23)12-7-4-5-8-13(12)17(20)24/h4-5,7-8,11H,3,6,9-10H2,1-2H3,(H,18,21)(H,19,22). The van der Waals surface area contributed by atoms with E-state index in [0.717, 1.165) is 11.3 Å². The van der Waals surface area contributed by atoms with E-state index in [1.807, 2.05) is 6.92 Å². The van der Waals surface area contributed by atoms with E-state index in [2.05, 4.69) is 10.6 Å². The van der Waals surface area contributed by atoms with E-state index >= 15 is 0 Å². The van der Waals surface area contributed by atoms with Crippen LogP contribution in [0.2, 0.25) is 0 Å². The number of carbonyl (C=O) groups excluding carboxylic acids is 4. The van der Waals surface area contributed by atoms with Crippen molar-refractivity contribution in [2.24, 2.45) is 0 Å². The summed E-state index contributed by atoms with van der Waals surface area (Å²) in [6.07, 6.45) is 1.20. The molecule has 4 amide bonds. The van der Waals surface area contributed by atoms with Gasteiger partial charge in [-0.3, -0.25) is 24.1 Å². The van der Waals surface area contributed by atoms with E-state index in [9.17, 15) is 19.2 Å². The molecule has 0 saturated heterocycles. The first-order chi connectivity index (χ1) is 11.5. The van der Waals surface area contributed by atoms with Crippen LogP contribution in [0.5, 0.6) is 0 Å². The smallest absolute Gasteiger partial charge is 0.262 e. The molecule has 1 heterocycles. The molecule has 1 aromatic rings. The van der Waals surface area contributed by atoms with Crippen molar-refractivity contribution >= 4 is 23.6 Å². The minimum atomic E-state index is -0.913. The molecule has 1 aliphatic rings. The Kier molecular flexibility index (Phi) is 5.68. The first kappa shape index (κ1) is 17.7. The van der Waals surface area contributed by atoms with Gasteiger partial charge in [-0.15, -0.1) is 0 Å². The van der Waals surface area contributed by atoms with Crippen LogP contribution in [0.3, 0.4) is 0 Å². The molecule has 0 radical (unpaired) electrons.